The van der Waals surface area contributed by atoms with E-state index in [1.807, 2.05) is 19.9 Å². The SMILES string of the molecule is Cc1cc(C(C)CO)nc(Cl)n1. The van der Waals surface area contributed by atoms with Gasteiger partial charge >= 0.3 is 0 Å². The monoisotopic (exact) mass is 186 g/mol. The molecule has 1 rings (SSSR count). The van der Waals surface area contributed by atoms with E-state index < -0.39 is 0 Å². The summed E-state index contributed by atoms with van der Waals surface area (Å²) in [5, 5.41) is 9.11. The third-order valence-corrected chi connectivity index (χ3v) is 1.79. The first-order valence-corrected chi connectivity index (χ1v) is 4.13. The van der Waals surface area contributed by atoms with Crippen LogP contribution in [0.15, 0.2) is 6.07 Å². The van der Waals surface area contributed by atoms with Crippen LogP contribution < -0.4 is 0 Å². The maximum atomic E-state index is 8.87. The molecule has 0 fully saturated rings. The third kappa shape index (κ3) is 2.16. The van der Waals surface area contributed by atoms with E-state index in [0.717, 1.165) is 11.4 Å². The van der Waals surface area contributed by atoms with E-state index in [4.69, 9.17) is 16.7 Å². The average Bonchev–Trinajstić information content (AvgIpc) is 2.01. The number of aliphatic hydroxyl groups excluding tert-OH is 1. The van der Waals surface area contributed by atoms with Gasteiger partial charge in [-0.3, -0.25) is 0 Å². The Labute approximate surface area is 76.4 Å². The standard InChI is InChI=1S/C8H11ClN2O/c1-5(4-12)7-3-6(2)10-8(9)11-7/h3,5,12H,4H2,1-2H3. The first-order chi connectivity index (χ1) is 5.63. The maximum absolute atomic E-state index is 8.87. The number of aromatic nitrogens is 2. The first kappa shape index (κ1) is 9.42. The number of halogens is 1. The Hall–Kier alpha value is -0.670. The Morgan fingerprint density at radius 1 is 1.58 bits per heavy atom. The molecule has 0 aliphatic rings. The minimum absolute atomic E-state index is 0.0178. The van der Waals surface area contributed by atoms with Gasteiger partial charge in [-0.2, -0.15) is 0 Å². The van der Waals surface area contributed by atoms with Crippen molar-refractivity contribution in [1.82, 2.24) is 9.97 Å². The van der Waals surface area contributed by atoms with Gasteiger partial charge in [0, 0.05) is 11.6 Å². The zero-order valence-electron chi connectivity index (χ0n) is 7.08. The summed E-state index contributed by atoms with van der Waals surface area (Å²) in [4.78, 5) is 7.92. The van der Waals surface area contributed by atoms with Gasteiger partial charge in [0.1, 0.15) is 0 Å². The van der Waals surface area contributed by atoms with Crippen LogP contribution in [0.25, 0.3) is 0 Å². The van der Waals surface area contributed by atoms with Crippen molar-refractivity contribution in [2.24, 2.45) is 0 Å². The number of rotatable bonds is 2. The van der Waals surface area contributed by atoms with Crippen LogP contribution in [0.2, 0.25) is 5.28 Å². The Balaban J connectivity index is 3.00. The zero-order valence-corrected chi connectivity index (χ0v) is 7.84. The summed E-state index contributed by atoms with van der Waals surface area (Å²) in [6, 6.07) is 1.83. The lowest BCUT2D eigenvalue weighted by Gasteiger charge is -2.07. The predicted molar refractivity (Wildman–Crippen MR) is 47.3 cm³/mol. The number of hydrogen-bond acceptors (Lipinski definition) is 3. The molecule has 0 bridgehead atoms. The number of aliphatic hydroxyl groups is 1. The molecule has 1 heterocycles. The molecule has 1 atom stereocenters. The second kappa shape index (κ2) is 3.83. The smallest absolute Gasteiger partial charge is 0.222 e. The molecule has 1 aromatic rings. The van der Waals surface area contributed by atoms with Crippen molar-refractivity contribution < 1.29 is 5.11 Å². The highest BCUT2D eigenvalue weighted by Gasteiger charge is 2.07. The van der Waals surface area contributed by atoms with Crippen molar-refractivity contribution in [3.63, 3.8) is 0 Å². The fourth-order valence-electron chi connectivity index (χ4n) is 0.902. The molecule has 1 aromatic heterocycles. The molecule has 1 unspecified atom stereocenters. The number of hydrogen-bond donors (Lipinski definition) is 1. The largest absolute Gasteiger partial charge is 0.396 e. The fourth-order valence-corrected chi connectivity index (χ4v) is 1.13. The van der Waals surface area contributed by atoms with Crippen LogP contribution in [0.4, 0.5) is 0 Å². The molecule has 3 nitrogen and oxygen atoms in total. The van der Waals surface area contributed by atoms with Gasteiger partial charge in [-0.1, -0.05) is 6.92 Å². The van der Waals surface area contributed by atoms with Crippen LogP contribution in [0.5, 0.6) is 0 Å². The molecule has 0 spiro atoms. The molecule has 0 saturated carbocycles. The average molecular weight is 187 g/mol. The molecule has 0 aromatic carbocycles. The van der Waals surface area contributed by atoms with Crippen LogP contribution in [-0.2, 0) is 0 Å². The van der Waals surface area contributed by atoms with Gasteiger partial charge in [-0.15, -0.1) is 0 Å². The molecule has 0 amide bonds. The molecular formula is C8H11ClN2O. The van der Waals surface area contributed by atoms with Crippen molar-refractivity contribution >= 4 is 11.6 Å². The summed E-state index contributed by atoms with van der Waals surface area (Å²) in [6.45, 7) is 3.81. The van der Waals surface area contributed by atoms with Crippen LogP contribution in [0.1, 0.15) is 24.2 Å². The highest BCUT2D eigenvalue weighted by Crippen LogP contribution is 2.14. The van der Waals surface area contributed by atoms with Gasteiger partial charge in [-0.05, 0) is 24.6 Å². The maximum Gasteiger partial charge on any atom is 0.222 e. The van der Waals surface area contributed by atoms with Crippen LogP contribution in [-0.4, -0.2) is 21.7 Å². The van der Waals surface area contributed by atoms with Crippen molar-refractivity contribution in [2.75, 3.05) is 6.61 Å². The van der Waals surface area contributed by atoms with Gasteiger partial charge < -0.3 is 5.11 Å². The van der Waals surface area contributed by atoms with E-state index in [2.05, 4.69) is 9.97 Å². The Morgan fingerprint density at radius 3 is 2.75 bits per heavy atom. The Bertz CT molecular complexity index is 258. The van der Waals surface area contributed by atoms with Crippen LogP contribution >= 0.6 is 11.6 Å². The summed E-state index contributed by atoms with van der Waals surface area (Å²) in [5.41, 5.74) is 1.61. The number of aryl methyl sites for hydroxylation is 1. The molecular weight excluding hydrogens is 176 g/mol. The second-order valence-corrected chi connectivity index (χ2v) is 3.12. The van der Waals surface area contributed by atoms with Gasteiger partial charge in [0.05, 0.1) is 12.3 Å². The topological polar surface area (TPSA) is 46.0 Å². The van der Waals surface area contributed by atoms with Gasteiger partial charge in [0.15, 0.2) is 0 Å². The van der Waals surface area contributed by atoms with Crippen LogP contribution in [0.3, 0.4) is 0 Å². The van der Waals surface area contributed by atoms with Crippen molar-refractivity contribution in [2.45, 2.75) is 19.8 Å². The first-order valence-electron chi connectivity index (χ1n) is 3.75. The third-order valence-electron chi connectivity index (χ3n) is 1.63. The normalized spacial score (nSPS) is 13.0. The van der Waals surface area contributed by atoms with Gasteiger partial charge in [0.2, 0.25) is 5.28 Å². The Kier molecular flexibility index (Phi) is 3.00. The molecule has 0 aliphatic carbocycles. The summed E-state index contributed by atoms with van der Waals surface area (Å²) in [7, 11) is 0. The quantitative estimate of drug-likeness (QED) is 0.713. The minimum Gasteiger partial charge on any atom is -0.396 e. The van der Waals surface area contributed by atoms with Crippen molar-refractivity contribution in [3.8, 4) is 0 Å². The van der Waals surface area contributed by atoms with Gasteiger partial charge in [-0.25, -0.2) is 9.97 Å². The van der Waals surface area contributed by atoms with Gasteiger partial charge in [0.25, 0.3) is 0 Å². The lowest BCUT2D eigenvalue weighted by Crippen LogP contribution is -2.03. The fraction of sp³-hybridized carbons (Fsp3) is 0.500. The molecule has 66 valence electrons. The highest BCUT2D eigenvalue weighted by atomic mass is 35.5. The molecule has 4 heteroatoms. The van der Waals surface area contributed by atoms with Crippen molar-refractivity contribution in [1.29, 1.82) is 0 Å². The summed E-state index contributed by atoms with van der Waals surface area (Å²) < 4.78 is 0. The lowest BCUT2D eigenvalue weighted by atomic mass is 10.1. The Morgan fingerprint density at radius 2 is 2.25 bits per heavy atom. The van der Waals surface area contributed by atoms with Crippen molar-refractivity contribution in [3.05, 3.63) is 22.7 Å². The lowest BCUT2D eigenvalue weighted by molar-refractivity contribution is 0.271. The molecule has 0 radical (unpaired) electrons. The predicted octanol–water partition coefficient (Wildman–Crippen LogP) is 1.53. The van der Waals surface area contributed by atoms with Crippen LogP contribution in [0, 0.1) is 6.92 Å². The summed E-state index contributed by atoms with van der Waals surface area (Å²) in [6.07, 6.45) is 0. The number of nitrogens with zero attached hydrogens (tertiary/aromatic N) is 2. The van der Waals surface area contributed by atoms with E-state index in [1.54, 1.807) is 0 Å². The molecule has 1 N–H and O–H groups in total. The summed E-state index contributed by atoms with van der Waals surface area (Å²) in [5.74, 6) is 0.0178. The zero-order chi connectivity index (χ0) is 9.14. The minimum atomic E-state index is 0.0178. The van der Waals surface area contributed by atoms with E-state index in [-0.39, 0.29) is 17.8 Å². The molecule has 0 aliphatic heterocycles. The second-order valence-electron chi connectivity index (χ2n) is 2.79. The van der Waals surface area contributed by atoms with E-state index in [1.165, 1.54) is 0 Å². The summed E-state index contributed by atoms with van der Waals surface area (Å²) >= 11 is 5.65. The molecule has 12 heavy (non-hydrogen) atoms. The van der Waals surface area contributed by atoms with E-state index in [9.17, 15) is 0 Å². The van der Waals surface area contributed by atoms with E-state index >= 15 is 0 Å². The molecule has 0 saturated heterocycles. The van der Waals surface area contributed by atoms with E-state index in [0.29, 0.717) is 0 Å². The highest BCUT2D eigenvalue weighted by molar-refractivity contribution is 6.28.